The van der Waals surface area contributed by atoms with Gasteiger partial charge < -0.3 is 9.84 Å². The van der Waals surface area contributed by atoms with Gasteiger partial charge in [0, 0.05) is 5.56 Å². The molecular formula is C17H18FN3O3. The topological polar surface area (TPSA) is 88.1 Å². The summed E-state index contributed by atoms with van der Waals surface area (Å²) in [6.45, 7) is 3.17. The summed E-state index contributed by atoms with van der Waals surface area (Å²) in [6.07, 6.45) is -1.00. The molecule has 24 heavy (non-hydrogen) atoms. The predicted molar refractivity (Wildman–Crippen MR) is 84.7 cm³/mol. The molecule has 1 N–H and O–H groups in total. The smallest absolute Gasteiger partial charge is 0.285 e. The molecule has 6 nitrogen and oxygen atoms in total. The van der Waals surface area contributed by atoms with E-state index in [1.807, 2.05) is 6.07 Å². The minimum Gasteiger partial charge on any atom is -0.389 e. The molecule has 2 rings (SSSR count). The first kappa shape index (κ1) is 17.8. The highest BCUT2D eigenvalue weighted by atomic mass is 19.1. The quantitative estimate of drug-likeness (QED) is 0.865. The molecule has 0 saturated heterocycles. The van der Waals surface area contributed by atoms with Gasteiger partial charge in [-0.1, -0.05) is 18.2 Å². The van der Waals surface area contributed by atoms with Crippen molar-refractivity contribution in [2.45, 2.75) is 33.1 Å². The van der Waals surface area contributed by atoms with Crippen molar-refractivity contribution in [3.05, 3.63) is 62.8 Å². The van der Waals surface area contributed by atoms with Gasteiger partial charge in [0.2, 0.25) is 0 Å². The Balaban J connectivity index is 1.99. The Morgan fingerprint density at radius 1 is 1.42 bits per heavy atom. The molecule has 2 aromatic rings. The number of aliphatic hydroxyl groups excluding tert-OH is 1. The fourth-order valence-electron chi connectivity index (χ4n) is 2.20. The summed E-state index contributed by atoms with van der Waals surface area (Å²) < 4.78 is 19.8. The Kier molecular flexibility index (Phi) is 5.79. The normalized spacial score (nSPS) is 12.0. The highest BCUT2D eigenvalue weighted by molar-refractivity contribution is 5.36. The van der Waals surface area contributed by atoms with E-state index in [9.17, 15) is 14.3 Å². The van der Waals surface area contributed by atoms with Crippen LogP contribution < -0.4 is 5.56 Å². The number of benzene rings is 1. The van der Waals surface area contributed by atoms with Crippen molar-refractivity contribution < 1.29 is 14.2 Å². The van der Waals surface area contributed by atoms with Crippen LogP contribution in [0.15, 0.2) is 29.1 Å². The number of halogens is 1. The molecule has 0 radical (unpaired) electrons. The van der Waals surface area contributed by atoms with E-state index < -0.39 is 11.7 Å². The Morgan fingerprint density at radius 2 is 2.12 bits per heavy atom. The number of ether oxygens (including phenoxy) is 1. The summed E-state index contributed by atoms with van der Waals surface area (Å²) in [5, 5.41) is 23.1. The second kappa shape index (κ2) is 7.81. The second-order valence-electron chi connectivity index (χ2n) is 5.44. The van der Waals surface area contributed by atoms with Gasteiger partial charge in [0.25, 0.3) is 5.56 Å². The van der Waals surface area contributed by atoms with Gasteiger partial charge >= 0.3 is 0 Å². The van der Waals surface area contributed by atoms with Gasteiger partial charge in [-0.25, -0.2) is 9.07 Å². The zero-order valence-electron chi connectivity index (χ0n) is 13.5. The van der Waals surface area contributed by atoms with Crippen LogP contribution in [0.25, 0.3) is 0 Å². The molecule has 0 aliphatic heterocycles. The standard InChI is InChI=1S/C17H18FN3O3/c1-11-12(2)20-21(17(23)15(11)7-19)8-14(22)10-24-9-13-5-3-4-6-16(13)18/h3-6,14,22H,8-10H2,1-2H3/t14-/m0/s1. The molecule has 0 saturated carbocycles. The van der Waals surface area contributed by atoms with Crippen molar-refractivity contribution in [2.24, 2.45) is 0 Å². The minimum atomic E-state index is -1.00. The molecule has 1 heterocycles. The number of nitrogens with zero attached hydrogens (tertiary/aromatic N) is 3. The van der Waals surface area contributed by atoms with E-state index in [0.717, 1.165) is 4.68 Å². The molecule has 0 fully saturated rings. The summed E-state index contributed by atoms with van der Waals surface area (Å²) in [4.78, 5) is 12.1. The molecule has 0 aliphatic carbocycles. The van der Waals surface area contributed by atoms with Crippen molar-refractivity contribution in [2.75, 3.05) is 6.61 Å². The highest BCUT2D eigenvalue weighted by Gasteiger charge is 2.14. The number of aromatic nitrogens is 2. The highest BCUT2D eigenvalue weighted by Crippen LogP contribution is 2.08. The third-order valence-electron chi connectivity index (χ3n) is 3.66. The molecule has 0 spiro atoms. The van der Waals surface area contributed by atoms with Crippen LogP contribution in [-0.2, 0) is 17.9 Å². The number of aliphatic hydroxyl groups is 1. The lowest BCUT2D eigenvalue weighted by atomic mass is 10.1. The molecule has 1 aromatic heterocycles. The van der Waals surface area contributed by atoms with Crippen LogP contribution in [-0.4, -0.2) is 27.6 Å². The summed E-state index contributed by atoms with van der Waals surface area (Å²) in [5.41, 5.74) is 0.934. The van der Waals surface area contributed by atoms with Gasteiger partial charge in [-0.2, -0.15) is 10.4 Å². The third kappa shape index (κ3) is 4.04. The molecule has 0 unspecified atom stereocenters. The van der Waals surface area contributed by atoms with Crippen molar-refractivity contribution in [1.29, 1.82) is 5.26 Å². The van der Waals surface area contributed by atoms with Gasteiger partial charge in [-0.3, -0.25) is 4.79 Å². The van der Waals surface area contributed by atoms with E-state index >= 15 is 0 Å². The summed E-state index contributed by atoms with van der Waals surface area (Å²) >= 11 is 0. The largest absolute Gasteiger partial charge is 0.389 e. The average Bonchev–Trinajstić information content (AvgIpc) is 2.55. The van der Waals surface area contributed by atoms with Crippen LogP contribution >= 0.6 is 0 Å². The fraction of sp³-hybridized carbons (Fsp3) is 0.353. The SMILES string of the molecule is Cc1nn(C[C@H](O)COCc2ccccc2F)c(=O)c(C#N)c1C. The molecular weight excluding hydrogens is 313 g/mol. The number of nitriles is 1. The van der Waals surface area contributed by atoms with E-state index in [1.54, 1.807) is 32.0 Å². The average molecular weight is 331 g/mol. The number of hydrogen-bond acceptors (Lipinski definition) is 5. The molecule has 0 bridgehead atoms. The minimum absolute atomic E-state index is 0.0157. The van der Waals surface area contributed by atoms with Gasteiger partial charge in [0.15, 0.2) is 0 Å². The zero-order chi connectivity index (χ0) is 17.7. The Morgan fingerprint density at radius 3 is 2.79 bits per heavy atom. The molecule has 0 amide bonds. The van der Waals surface area contributed by atoms with Crippen LogP contribution in [0.2, 0.25) is 0 Å². The molecule has 126 valence electrons. The van der Waals surface area contributed by atoms with Gasteiger partial charge in [0.05, 0.1) is 31.6 Å². The van der Waals surface area contributed by atoms with E-state index in [4.69, 9.17) is 10.00 Å². The van der Waals surface area contributed by atoms with Gasteiger partial charge in [-0.05, 0) is 25.5 Å². The van der Waals surface area contributed by atoms with E-state index in [2.05, 4.69) is 5.10 Å². The number of rotatable bonds is 6. The van der Waals surface area contributed by atoms with E-state index in [0.29, 0.717) is 16.8 Å². The van der Waals surface area contributed by atoms with Crippen LogP contribution in [0.5, 0.6) is 0 Å². The van der Waals surface area contributed by atoms with E-state index in [-0.39, 0.29) is 31.1 Å². The monoisotopic (exact) mass is 331 g/mol. The Labute approximate surface area is 138 Å². The zero-order valence-corrected chi connectivity index (χ0v) is 13.5. The molecule has 0 aliphatic rings. The lowest BCUT2D eigenvalue weighted by Gasteiger charge is -2.14. The van der Waals surface area contributed by atoms with Gasteiger partial charge in [-0.15, -0.1) is 0 Å². The Bertz CT molecular complexity index is 827. The Hall–Kier alpha value is -2.56. The lowest BCUT2D eigenvalue weighted by Crippen LogP contribution is -2.33. The lowest BCUT2D eigenvalue weighted by molar-refractivity contribution is 0.0170. The van der Waals surface area contributed by atoms with Crippen molar-refractivity contribution in [3.63, 3.8) is 0 Å². The third-order valence-corrected chi connectivity index (χ3v) is 3.66. The second-order valence-corrected chi connectivity index (χ2v) is 5.44. The maximum atomic E-state index is 13.5. The summed E-state index contributed by atoms with van der Waals surface area (Å²) in [5.74, 6) is -0.377. The molecule has 1 atom stereocenters. The van der Waals surface area contributed by atoms with Crippen LogP contribution in [0, 0.1) is 31.0 Å². The summed E-state index contributed by atoms with van der Waals surface area (Å²) in [6, 6.07) is 8.06. The van der Waals surface area contributed by atoms with Crippen molar-refractivity contribution in [3.8, 4) is 6.07 Å². The van der Waals surface area contributed by atoms with E-state index in [1.165, 1.54) is 6.07 Å². The van der Waals surface area contributed by atoms with Crippen molar-refractivity contribution >= 4 is 0 Å². The predicted octanol–water partition coefficient (Wildman–Crippen LogP) is 1.45. The van der Waals surface area contributed by atoms with Crippen LogP contribution in [0.4, 0.5) is 4.39 Å². The first-order valence-corrected chi connectivity index (χ1v) is 7.41. The number of hydrogen-bond donors (Lipinski definition) is 1. The first-order chi connectivity index (χ1) is 11.4. The van der Waals surface area contributed by atoms with Crippen LogP contribution in [0.3, 0.4) is 0 Å². The van der Waals surface area contributed by atoms with Crippen LogP contribution in [0.1, 0.15) is 22.4 Å². The molecule has 1 aromatic carbocycles. The first-order valence-electron chi connectivity index (χ1n) is 7.41. The van der Waals surface area contributed by atoms with Crippen molar-refractivity contribution in [1.82, 2.24) is 9.78 Å². The summed E-state index contributed by atoms with van der Waals surface area (Å²) in [7, 11) is 0. The molecule has 7 heteroatoms. The maximum Gasteiger partial charge on any atom is 0.285 e. The fourth-order valence-corrected chi connectivity index (χ4v) is 2.20. The maximum absolute atomic E-state index is 13.5. The number of aryl methyl sites for hydroxylation is 1. The van der Waals surface area contributed by atoms with Gasteiger partial charge in [0.1, 0.15) is 17.4 Å².